The van der Waals surface area contributed by atoms with Gasteiger partial charge < -0.3 is 10.1 Å². The number of ether oxygens (including phenoxy) is 1. The van der Waals surface area contributed by atoms with Crippen LogP contribution < -0.4 is 10.1 Å². The monoisotopic (exact) mass is 308 g/mol. The number of benzene rings is 1. The van der Waals surface area contributed by atoms with Gasteiger partial charge in [-0.2, -0.15) is 5.10 Å². The van der Waals surface area contributed by atoms with Gasteiger partial charge in [0.15, 0.2) is 0 Å². The van der Waals surface area contributed by atoms with E-state index in [4.69, 9.17) is 16.3 Å². The second kappa shape index (κ2) is 8.00. The minimum Gasteiger partial charge on any atom is -0.492 e. The van der Waals surface area contributed by atoms with Crippen LogP contribution in [0, 0.1) is 0 Å². The molecule has 0 bridgehead atoms. The minimum absolute atomic E-state index is 0.187. The van der Waals surface area contributed by atoms with Crippen molar-refractivity contribution in [3.8, 4) is 5.75 Å². The van der Waals surface area contributed by atoms with E-state index in [2.05, 4.69) is 22.3 Å². The Morgan fingerprint density at radius 1 is 1.43 bits per heavy atom. The molecular formula is C15H21ClN4O. The first-order valence-corrected chi connectivity index (χ1v) is 7.51. The molecule has 21 heavy (non-hydrogen) atoms. The van der Waals surface area contributed by atoms with E-state index in [1.807, 2.05) is 31.3 Å². The number of hydrogen-bond donors (Lipinski definition) is 1. The third kappa shape index (κ3) is 5.02. The molecule has 1 heterocycles. The highest BCUT2D eigenvalue weighted by Crippen LogP contribution is 2.17. The predicted molar refractivity (Wildman–Crippen MR) is 83.7 cm³/mol. The van der Waals surface area contributed by atoms with Gasteiger partial charge in [-0.05, 0) is 31.2 Å². The molecule has 5 nitrogen and oxygen atoms in total. The summed E-state index contributed by atoms with van der Waals surface area (Å²) < 4.78 is 7.62. The lowest BCUT2D eigenvalue weighted by molar-refractivity contribution is 0.260. The number of hydrogen-bond acceptors (Lipinski definition) is 4. The molecule has 1 atom stereocenters. The highest BCUT2D eigenvalue weighted by molar-refractivity contribution is 6.30. The lowest BCUT2D eigenvalue weighted by Gasteiger charge is -2.18. The second-order valence-corrected chi connectivity index (χ2v) is 5.36. The Labute approximate surface area is 130 Å². The molecule has 0 aliphatic heterocycles. The molecule has 114 valence electrons. The molecule has 0 radical (unpaired) electrons. The third-order valence-corrected chi connectivity index (χ3v) is 3.40. The van der Waals surface area contributed by atoms with Gasteiger partial charge in [0.1, 0.15) is 24.5 Å². The maximum atomic E-state index is 5.96. The maximum Gasteiger partial charge on any atom is 0.138 e. The van der Waals surface area contributed by atoms with E-state index in [9.17, 15) is 0 Å². The molecule has 1 aromatic carbocycles. The first kappa shape index (κ1) is 15.8. The fraction of sp³-hybridized carbons (Fsp3) is 0.467. The molecule has 0 saturated carbocycles. The molecule has 0 fully saturated rings. The van der Waals surface area contributed by atoms with Crippen molar-refractivity contribution < 1.29 is 4.74 Å². The summed E-state index contributed by atoms with van der Waals surface area (Å²) in [5.74, 6) is 1.72. The van der Waals surface area contributed by atoms with Gasteiger partial charge in [-0.3, -0.25) is 4.68 Å². The average Bonchev–Trinajstić information content (AvgIpc) is 2.87. The van der Waals surface area contributed by atoms with E-state index in [1.54, 1.807) is 11.0 Å². The predicted octanol–water partition coefficient (Wildman–Crippen LogP) is 2.46. The van der Waals surface area contributed by atoms with Crippen LogP contribution in [-0.4, -0.2) is 34.0 Å². The van der Waals surface area contributed by atoms with Crippen molar-refractivity contribution in [2.45, 2.75) is 25.8 Å². The van der Waals surface area contributed by atoms with Gasteiger partial charge in [-0.25, -0.2) is 4.98 Å². The van der Waals surface area contributed by atoms with E-state index in [-0.39, 0.29) is 6.04 Å². The Balaban J connectivity index is 1.94. The van der Waals surface area contributed by atoms with Gasteiger partial charge in [-0.1, -0.05) is 24.6 Å². The molecule has 6 heteroatoms. The zero-order chi connectivity index (χ0) is 15.1. The van der Waals surface area contributed by atoms with E-state index < -0.39 is 0 Å². The molecular weight excluding hydrogens is 288 g/mol. The summed E-state index contributed by atoms with van der Waals surface area (Å²) in [4.78, 5) is 4.27. The number of rotatable bonds is 8. The number of nitrogens with one attached hydrogen (secondary N) is 1. The fourth-order valence-corrected chi connectivity index (χ4v) is 2.20. The van der Waals surface area contributed by atoms with Gasteiger partial charge in [0, 0.05) is 24.5 Å². The summed E-state index contributed by atoms with van der Waals surface area (Å²) in [7, 11) is 1.90. The molecule has 1 N–H and O–H groups in total. The second-order valence-electron chi connectivity index (χ2n) is 4.92. The Bertz CT molecular complexity index is 558. The zero-order valence-corrected chi connectivity index (χ0v) is 13.2. The van der Waals surface area contributed by atoms with E-state index in [0.717, 1.165) is 31.0 Å². The van der Waals surface area contributed by atoms with Crippen LogP contribution in [0.1, 0.15) is 19.2 Å². The summed E-state index contributed by atoms with van der Waals surface area (Å²) in [5, 5.41) is 8.26. The minimum atomic E-state index is 0.187. The molecule has 2 aromatic rings. The van der Waals surface area contributed by atoms with Gasteiger partial charge >= 0.3 is 0 Å². The maximum absolute atomic E-state index is 5.96. The number of halogens is 1. The van der Waals surface area contributed by atoms with Crippen molar-refractivity contribution in [1.82, 2.24) is 20.1 Å². The van der Waals surface area contributed by atoms with E-state index >= 15 is 0 Å². The Morgan fingerprint density at radius 2 is 2.29 bits per heavy atom. The van der Waals surface area contributed by atoms with Crippen molar-refractivity contribution >= 4 is 11.6 Å². The van der Waals surface area contributed by atoms with Crippen LogP contribution in [0.4, 0.5) is 0 Å². The van der Waals surface area contributed by atoms with Crippen LogP contribution in [-0.2, 0) is 13.5 Å². The van der Waals surface area contributed by atoms with Gasteiger partial charge in [0.05, 0.1) is 0 Å². The normalized spacial score (nSPS) is 12.3. The van der Waals surface area contributed by atoms with Crippen molar-refractivity contribution in [2.75, 3.05) is 13.2 Å². The van der Waals surface area contributed by atoms with Gasteiger partial charge in [0.2, 0.25) is 0 Å². The van der Waals surface area contributed by atoms with Crippen LogP contribution >= 0.6 is 11.6 Å². The molecule has 0 saturated heterocycles. The standard InChI is InChI=1S/C15H21ClN4O/c1-3-7-17-13(9-15-18-11-19-20(15)2)10-21-14-6-4-5-12(16)8-14/h4-6,8,11,13,17H,3,7,9-10H2,1-2H3. The number of aryl methyl sites for hydroxylation is 1. The Kier molecular flexibility index (Phi) is 6.02. The topological polar surface area (TPSA) is 52.0 Å². The number of nitrogens with zero attached hydrogens (tertiary/aromatic N) is 3. The van der Waals surface area contributed by atoms with Crippen LogP contribution in [0.5, 0.6) is 5.75 Å². The highest BCUT2D eigenvalue weighted by Gasteiger charge is 2.13. The molecule has 0 amide bonds. The molecule has 0 spiro atoms. The smallest absolute Gasteiger partial charge is 0.138 e. The van der Waals surface area contributed by atoms with Crippen molar-refractivity contribution in [2.24, 2.45) is 7.05 Å². The average molecular weight is 309 g/mol. The van der Waals surface area contributed by atoms with E-state index in [1.165, 1.54) is 0 Å². The van der Waals surface area contributed by atoms with Crippen molar-refractivity contribution in [3.05, 3.63) is 41.4 Å². The van der Waals surface area contributed by atoms with Crippen LogP contribution in [0.3, 0.4) is 0 Å². The van der Waals surface area contributed by atoms with Crippen LogP contribution in [0.2, 0.25) is 5.02 Å². The van der Waals surface area contributed by atoms with Crippen molar-refractivity contribution in [3.63, 3.8) is 0 Å². The summed E-state index contributed by atoms with van der Waals surface area (Å²) >= 11 is 5.96. The molecule has 1 unspecified atom stereocenters. The molecule has 1 aromatic heterocycles. The largest absolute Gasteiger partial charge is 0.492 e. The van der Waals surface area contributed by atoms with Crippen molar-refractivity contribution in [1.29, 1.82) is 0 Å². The van der Waals surface area contributed by atoms with E-state index in [0.29, 0.717) is 11.6 Å². The number of aromatic nitrogens is 3. The Morgan fingerprint density at radius 3 is 2.95 bits per heavy atom. The van der Waals surface area contributed by atoms with Gasteiger partial charge in [0.25, 0.3) is 0 Å². The first-order valence-electron chi connectivity index (χ1n) is 7.13. The van der Waals surface area contributed by atoms with Crippen LogP contribution in [0.25, 0.3) is 0 Å². The molecule has 0 aliphatic carbocycles. The lowest BCUT2D eigenvalue weighted by Crippen LogP contribution is -2.37. The summed E-state index contributed by atoms with van der Waals surface area (Å²) in [6.45, 7) is 3.65. The zero-order valence-electron chi connectivity index (χ0n) is 12.4. The summed E-state index contributed by atoms with van der Waals surface area (Å²) in [5.41, 5.74) is 0. The molecule has 2 rings (SSSR count). The fourth-order valence-electron chi connectivity index (χ4n) is 2.02. The third-order valence-electron chi connectivity index (χ3n) is 3.16. The van der Waals surface area contributed by atoms with Gasteiger partial charge in [-0.15, -0.1) is 0 Å². The Hall–Kier alpha value is -1.59. The SMILES string of the molecule is CCCNC(COc1cccc(Cl)c1)Cc1ncnn1C. The summed E-state index contributed by atoms with van der Waals surface area (Å²) in [6.07, 6.45) is 3.42. The first-order chi connectivity index (χ1) is 10.2. The quantitative estimate of drug-likeness (QED) is 0.814. The molecule has 0 aliphatic rings. The lowest BCUT2D eigenvalue weighted by atomic mass is 10.2. The van der Waals surface area contributed by atoms with Crippen LogP contribution in [0.15, 0.2) is 30.6 Å². The highest BCUT2D eigenvalue weighted by atomic mass is 35.5. The summed E-state index contributed by atoms with van der Waals surface area (Å²) in [6, 6.07) is 7.63.